The lowest BCUT2D eigenvalue weighted by Crippen LogP contribution is -2.44. The summed E-state index contributed by atoms with van der Waals surface area (Å²) in [6.07, 6.45) is 1.20. The number of ether oxygens (including phenoxy) is 3. The monoisotopic (exact) mass is 502 g/mol. The van der Waals surface area contributed by atoms with Gasteiger partial charge in [-0.3, -0.25) is 14.4 Å². The summed E-state index contributed by atoms with van der Waals surface area (Å²) in [6, 6.07) is 2.87. The summed E-state index contributed by atoms with van der Waals surface area (Å²) in [6.45, 7) is 1.94. The third kappa shape index (κ3) is 4.81. The van der Waals surface area contributed by atoms with Crippen LogP contribution in [0.15, 0.2) is 30.6 Å². The van der Waals surface area contributed by atoms with E-state index in [1.807, 2.05) is 0 Å². The number of hydrogen-bond donors (Lipinski definition) is 2. The van der Waals surface area contributed by atoms with E-state index in [4.69, 9.17) is 20.9 Å². The van der Waals surface area contributed by atoms with Gasteiger partial charge in [-0.05, 0) is 25.1 Å². The van der Waals surface area contributed by atoms with Gasteiger partial charge in [0.05, 0.1) is 38.7 Å². The highest BCUT2D eigenvalue weighted by molar-refractivity contribution is 5.94. The van der Waals surface area contributed by atoms with E-state index in [1.54, 1.807) is 6.92 Å². The molecule has 15 heteroatoms. The van der Waals surface area contributed by atoms with Gasteiger partial charge in [-0.2, -0.15) is 5.10 Å². The van der Waals surface area contributed by atoms with Gasteiger partial charge in [0, 0.05) is 6.20 Å². The summed E-state index contributed by atoms with van der Waals surface area (Å²) in [7, 11) is 1.17. The number of halogens is 1. The number of nitrogen functional groups attached to an aromatic ring is 1. The molecule has 36 heavy (non-hydrogen) atoms. The molecule has 3 aromatic rings. The molecule has 0 aliphatic carbocycles. The van der Waals surface area contributed by atoms with Crippen LogP contribution < -0.4 is 16.4 Å². The van der Waals surface area contributed by atoms with Gasteiger partial charge in [-0.25, -0.2) is 18.7 Å². The van der Waals surface area contributed by atoms with E-state index in [2.05, 4.69) is 20.1 Å². The van der Waals surface area contributed by atoms with Crippen LogP contribution in [-0.4, -0.2) is 75.2 Å². The van der Waals surface area contributed by atoms with Crippen molar-refractivity contribution in [3.8, 4) is 5.69 Å². The quantitative estimate of drug-likeness (QED) is 0.318. The molecule has 0 saturated carbocycles. The third-order valence-corrected chi connectivity index (χ3v) is 5.35. The molecular weight excluding hydrogens is 479 g/mol. The number of nitrogens with zero attached hydrogens (tertiary/aromatic N) is 6. The zero-order valence-corrected chi connectivity index (χ0v) is 19.3. The van der Waals surface area contributed by atoms with Crippen molar-refractivity contribution in [1.82, 2.24) is 24.8 Å². The molecule has 1 amide bonds. The standard InChI is InChI=1S/C21H23FN8O6/c1-3-35-19(31)13-9-28(26-18(13)24)7-11-8-30(27-25-11)15-5-4-12(6-14(15)22)29-10-16(36-21(29)33)17(23)20(32)34-2/h4-6,8-9,16-17H,3,7,10,23H2,1-2H3,(H2,24,26). The Kier molecular flexibility index (Phi) is 6.82. The Morgan fingerprint density at radius 3 is 2.81 bits per heavy atom. The molecule has 0 radical (unpaired) electrons. The molecule has 3 heterocycles. The topological polar surface area (TPSA) is 183 Å². The van der Waals surface area contributed by atoms with Crippen LogP contribution in [0, 0.1) is 5.82 Å². The Morgan fingerprint density at radius 2 is 2.11 bits per heavy atom. The zero-order valence-electron chi connectivity index (χ0n) is 19.3. The minimum atomic E-state index is -1.17. The van der Waals surface area contributed by atoms with E-state index in [9.17, 15) is 18.8 Å². The maximum absolute atomic E-state index is 15.0. The smallest absolute Gasteiger partial charge is 0.414 e. The Bertz CT molecular complexity index is 1310. The number of carbonyl (C=O) groups is 3. The van der Waals surface area contributed by atoms with Crippen molar-refractivity contribution in [2.24, 2.45) is 5.73 Å². The summed E-state index contributed by atoms with van der Waals surface area (Å²) >= 11 is 0. The first-order chi connectivity index (χ1) is 17.2. The number of anilines is 2. The van der Waals surface area contributed by atoms with Gasteiger partial charge in [0.15, 0.2) is 11.6 Å². The highest BCUT2D eigenvalue weighted by Gasteiger charge is 2.39. The molecule has 2 atom stereocenters. The Balaban J connectivity index is 1.47. The zero-order chi connectivity index (χ0) is 26.0. The predicted octanol–water partition coefficient (Wildman–Crippen LogP) is 0.236. The van der Waals surface area contributed by atoms with Gasteiger partial charge in [0.2, 0.25) is 0 Å². The Morgan fingerprint density at radius 1 is 1.33 bits per heavy atom. The highest BCUT2D eigenvalue weighted by Crippen LogP contribution is 2.26. The van der Waals surface area contributed by atoms with E-state index in [0.717, 1.165) is 11.0 Å². The second kappa shape index (κ2) is 9.99. The van der Waals surface area contributed by atoms with Crippen LogP contribution in [0.2, 0.25) is 0 Å². The van der Waals surface area contributed by atoms with Crippen molar-refractivity contribution in [2.75, 3.05) is 30.9 Å². The van der Waals surface area contributed by atoms with Crippen molar-refractivity contribution in [3.05, 3.63) is 47.7 Å². The first-order valence-corrected chi connectivity index (χ1v) is 10.7. The van der Waals surface area contributed by atoms with Gasteiger partial charge in [0.25, 0.3) is 0 Å². The normalized spacial score (nSPS) is 16.1. The van der Waals surface area contributed by atoms with E-state index >= 15 is 0 Å². The van der Waals surface area contributed by atoms with Crippen LogP contribution in [0.3, 0.4) is 0 Å². The molecule has 14 nitrogen and oxygen atoms in total. The lowest BCUT2D eigenvalue weighted by atomic mass is 10.1. The minimum absolute atomic E-state index is 0.0118. The number of esters is 2. The summed E-state index contributed by atoms with van der Waals surface area (Å²) in [5, 5.41) is 12.0. The number of rotatable bonds is 8. The number of methoxy groups -OCH3 is 1. The van der Waals surface area contributed by atoms with Crippen LogP contribution in [0.5, 0.6) is 0 Å². The lowest BCUT2D eigenvalue weighted by molar-refractivity contribution is -0.144. The van der Waals surface area contributed by atoms with Crippen molar-refractivity contribution < 1.29 is 33.0 Å². The SMILES string of the molecule is CCOC(=O)c1cn(Cc2cn(-c3ccc(N4CC(C(N)C(=O)OC)OC4=O)cc3F)nn2)nc1N. The lowest BCUT2D eigenvalue weighted by Gasteiger charge is -2.16. The van der Waals surface area contributed by atoms with Crippen LogP contribution >= 0.6 is 0 Å². The highest BCUT2D eigenvalue weighted by atomic mass is 19.1. The molecule has 4 rings (SSSR count). The fourth-order valence-corrected chi connectivity index (χ4v) is 3.56. The Labute approximate surface area is 203 Å². The average molecular weight is 502 g/mol. The van der Waals surface area contributed by atoms with Gasteiger partial charge in [-0.15, -0.1) is 5.10 Å². The van der Waals surface area contributed by atoms with Gasteiger partial charge in [-0.1, -0.05) is 5.21 Å². The molecule has 1 fully saturated rings. The number of benzene rings is 1. The van der Waals surface area contributed by atoms with Crippen molar-refractivity contribution in [3.63, 3.8) is 0 Å². The van der Waals surface area contributed by atoms with Crippen molar-refractivity contribution >= 4 is 29.5 Å². The van der Waals surface area contributed by atoms with E-state index in [-0.39, 0.29) is 42.5 Å². The molecule has 1 aliphatic heterocycles. The first kappa shape index (κ1) is 24.6. The first-order valence-electron chi connectivity index (χ1n) is 10.7. The molecule has 190 valence electrons. The van der Waals surface area contributed by atoms with Crippen LogP contribution in [0.4, 0.5) is 20.7 Å². The van der Waals surface area contributed by atoms with E-state index < -0.39 is 36.0 Å². The van der Waals surface area contributed by atoms with Gasteiger partial charge in [0.1, 0.15) is 29.1 Å². The van der Waals surface area contributed by atoms with Gasteiger partial charge >= 0.3 is 18.0 Å². The van der Waals surface area contributed by atoms with Crippen molar-refractivity contribution in [1.29, 1.82) is 0 Å². The predicted molar refractivity (Wildman–Crippen MR) is 121 cm³/mol. The molecule has 4 N–H and O–H groups in total. The van der Waals surface area contributed by atoms with E-state index in [1.165, 1.54) is 41.0 Å². The fourth-order valence-electron chi connectivity index (χ4n) is 3.56. The van der Waals surface area contributed by atoms with E-state index in [0.29, 0.717) is 5.69 Å². The number of amides is 1. The maximum Gasteiger partial charge on any atom is 0.414 e. The summed E-state index contributed by atoms with van der Waals surface area (Å²) in [4.78, 5) is 36.9. The Hall–Kier alpha value is -4.53. The van der Waals surface area contributed by atoms with Crippen molar-refractivity contribution in [2.45, 2.75) is 25.6 Å². The molecule has 0 spiro atoms. The summed E-state index contributed by atoms with van der Waals surface area (Å²) in [5.41, 5.74) is 12.3. The minimum Gasteiger partial charge on any atom is -0.468 e. The summed E-state index contributed by atoms with van der Waals surface area (Å²) < 4.78 is 32.2. The fraction of sp³-hybridized carbons (Fsp3) is 0.333. The number of nitrogens with two attached hydrogens (primary N) is 2. The third-order valence-electron chi connectivity index (χ3n) is 5.35. The number of aromatic nitrogens is 5. The van der Waals surface area contributed by atoms with Crippen LogP contribution in [0.1, 0.15) is 23.0 Å². The average Bonchev–Trinajstić information content (AvgIpc) is 3.57. The largest absolute Gasteiger partial charge is 0.468 e. The number of carbonyl (C=O) groups excluding carboxylic acids is 3. The molecule has 2 unspecified atom stereocenters. The summed E-state index contributed by atoms with van der Waals surface area (Å²) in [5.74, 6) is -2.00. The number of cyclic esters (lactones) is 1. The van der Waals surface area contributed by atoms with Crippen LogP contribution in [-0.2, 0) is 25.5 Å². The second-order valence-electron chi connectivity index (χ2n) is 7.72. The van der Waals surface area contributed by atoms with Crippen LogP contribution in [0.25, 0.3) is 5.69 Å². The van der Waals surface area contributed by atoms with Gasteiger partial charge < -0.3 is 25.7 Å². The molecule has 1 aliphatic rings. The molecule has 1 saturated heterocycles. The molecule has 0 bridgehead atoms. The molecule has 1 aromatic carbocycles. The number of hydrogen-bond acceptors (Lipinski definition) is 11. The second-order valence-corrected chi connectivity index (χ2v) is 7.72. The maximum atomic E-state index is 15.0. The molecular formula is C21H23FN8O6. The molecule has 2 aromatic heterocycles.